The molecule has 0 bridgehead atoms. The fourth-order valence-corrected chi connectivity index (χ4v) is 4.07. The Hall–Kier alpha value is -4.05. The van der Waals surface area contributed by atoms with Gasteiger partial charge in [-0.1, -0.05) is 0 Å². The zero-order chi connectivity index (χ0) is 25.5. The summed E-state index contributed by atoms with van der Waals surface area (Å²) < 4.78 is 27.1. The Morgan fingerprint density at radius 3 is 2.33 bits per heavy atom. The molecule has 10 heteroatoms. The van der Waals surface area contributed by atoms with Crippen LogP contribution in [0.15, 0.2) is 54.7 Å². The van der Waals surface area contributed by atoms with Gasteiger partial charge in [0.25, 0.3) is 0 Å². The van der Waals surface area contributed by atoms with E-state index in [-0.39, 0.29) is 24.8 Å². The topological polar surface area (TPSA) is 121 Å². The van der Waals surface area contributed by atoms with Gasteiger partial charge in [-0.15, -0.1) is 0 Å². The molecule has 8 nitrogen and oxygen atoms in total. The molecule has 1 aliphatic heterocycles. The van der Waals surface area contributed by atoms with Crippen LogP contribution in [0.3, 0.4) is 0 Å². The second-order valence-electron chi connectivity index (χ2n) is 8.72. The summed E-state index contributed by atoms with van der Waals surface area (Å²) in [4.78, 5) is 28.3. The van der Waals surface area contributed by atoms with Crippen molar-refractivity contribution in [3.05, 3.63) is 77.5 Å². The average Bonchev–Trinajstić information content (AvgIpc) is 2.85. The predicted molar refractivity (Wildman–Crippen MR) is 135 cm³/mol. The summed E-state index contributed by atoms with van der Waals surface area (Å²) in [5.74, 6) is -1.34. The molecule has 1 fully saturated rings. The van der Waals surface area contributed by atoms with Gasteiger partial charge >= 0.3 is 0 Å². The van der Waals surface area contributed by atoms with E-state index in [4.69, 9.17) is 5.73 Å². The summed E-state index contributed by atoms with van der Waals surface area (Å²) in [6.45, 7) is 1.83. The Bertz CT molecular complexity index is 1210. The Morgan fingerprint density at radius 1 is 1.00 bits per heavy atom. The molecule has 0 spiro atoms. The lowest BCUT2D eigenvalue weighted by molar-refractivity contribution is -0.120. The third kappa shape index (κ3) is 6.98. The Labute approximate surface area is 207 Å². The van der Waals surface area contributed by atoms with Gasteiger partial charge in [-0.2, -0.15) is 0 Å². The number of aromatic nitrogens is 1. The summed E-state index contributed by atoms with van der Waals surface area (Å²) in [5.41, 5.74) is 8.32. The molecule has 1 aliphatic rings. The monoisotopic (exact) mass is 494 g/mol. The zero-order valence-corrected chi connectivity index (χ0v) is 19.6. The lowest BCUT2D eigenvalue weighted by Crippen LogP contribution is -2.34. The molecule has 6 N–H and O–H groups in total. The van der Waals surface area contributed by atoms with Crippen molar-refractivity contribution in [3.63, 3.8) is 0 Å². The normalized spacial score (nSPS) is 13.7. The van der Waals surface area contributed by atoms with Gasteiger partial charge in [-0.25, -0.2) is 13.8 Å². The molecule has 2 amide bonds. The Balaban J connectivity index is 1.43. The second kappa shape index (κ2) is 11.6. The first-order valence-electron chi connectivity index (χ1n) is 11.7. The highest BCUT2D eigenvalue weighted by Gasteiger charge is 2.20. The van der Waals surface area contributed by atoms with Crippen LogP contribution in [0.4, 0.5) is 31.7 Å². The molecule has 2 heterocycles. The maximum atomic E-state index is 13.5. The Kier molecular flexibility index (Phi) is 8.06. The molecule has 1 saturated heterocycles. The molecule has 0 atom stereocenters. The largest absolute Gasteiger partial charge is 0.381 e. The summed E-state index contributed by atoms with van der Waals surface area (Å²) in [5, 5.41) is 12.5. The number of nitrogens with zero attached hydrogens (tertiary/aromatic N) is 1. The van der Waals surface area contributed by atoms with Gasteiger partial charge in [0.05, 0.1) is 6.42 Å². The highest BCUT2D eigenvalue weighted by molar-refractivity contribution is 5.92. The molecule has 0 radical (unpaired) electrons. The summed E-state index contributed by atoms with van der Waals surface area (Å²) in [7, 11) is 0. The van der Waals surface area contributed by atoms with Crippen LogP contribution < -0.4 is 27.0 Å². The van der Waals surface area contributed by atoms with Crippen LogP contribution in [0.25, 0.3) is 0 Å². The molecule has 1 aromatic heterocycles. The van der Waals surface area contributed by atoms with E-state index in [0.717, 1.165) is 37.7 Å². The molecule has 0 unspecified atom stereocenters. The van der Waals surface area contributed by atoms with Crippen LogP contribution in [-0.4, -0.2) is 29.9 Å². The van der Waals surface area contributed by atoms with Crippen LogP contribution in [0, 0.1) is 17.6 Å². The third-order valence-corrected chi connectivity index (χ3v) is 5.89. The maximum Gasteiger partial charge on any atom is 0.227 e. The number of rotatable bonds is 9. The molecule has 4 rings (SSSR count). The van der Waals surface area contributed by atoms with Gasteiger partial charge in [-0.05, 0) is 67.9 Å². The van der Waals surface area contributed by atoms with Crippen molar-refractivity contribution in [1.82, 2.24) is 10.3 Å². The molecular weight excluding hydrogens is 466 g/mol. The first-order chi connectivity index (χ1) is 17.4. The average molecular weight is 495 g/mol. The number of piperidine rings is 1. The van der Waals surface area contributed by atoms with E-state index in [1.54, 1.807) is 18.2 Å². The van der Waals surface area contributed by atoms with Gasteiger partial charge in [0.1, 0.15) is 17.5 Å². The van der Waals surface area contributed by atoms with Crippen LogP contribution in [0.1, 0.15) is 24.0 Å². The minimum absolute atomic E-state index is 0.0157. The van der Waals surface area contributed by atoms with Crippen LogP contribution in [0.2, 0.25) is 0 Å². The van der Waals surface area contributed by atoms with E-state index in [0.29, 0.717) is 28.3 Å². The molecule has 0 aliphatic carbocycles. The predicted octanol–water partition coefficient (Wildman–Crippen LogP) is 3.68. The van der Waals surface area contributed by atoms with E-state index in [1.807, 2.05) is 12.1 Å². The van der Waals surface area contributed by atoms with Crippen molar-refractivity contribution in [2.24, 2.45) is 11.7 Å². The highest BCUT2D eigenvalue weighted by atomic mass is 19.1. The Morgan fingerprint density at radius 2 is 1.67 bits per heavy atom. The number of benzene rings is 2. The van der Waals surface area contributed by atoms with Crippen molar-refractivity contribution in [2.75, 3.05) is 29.0 Å². The van der Waals surface area contributed by atoms with Crippen LogP contribution in [0.5, 0.6) is 0 Å². The molecule has 188 valence electrons. The van der Waals surface area contributed by atoms with E-state index in [9.17, 15) is 18.4 Å². The number of pyridine rings is 1. The van der Waals surface area contributed by atoms with E-state index < -0.39 is 17.5 Å². The zero-order valence-electron chi connectivity index (χ0n) is 19.6. The minimum Gasteiger partial charge on any atom is -0.381 e. The molecular formula is C26H28F2N6O2. The number of nitrogens with two attached hydrogens (primary N) is 1. The maximum absolute atomic E-state index is 13.5. The summed E-state index contributed by atoms with van der Waals surface area (Å²) in [6, 6.07) is 12.2. The first-order valence-corrected chi connectivity index (χ1v) is 11.7. The SMILES string of the molecule is NC(=O)Cc1cnc(Nc2ccc(NC(=O)C3CCNCC3)cc2)cc1NCc1cc(F)cc(F)c1. The van der Waals surface area contributed by atoms with Crippen molar-refractivity contribution < 1.29 is 18.4 Å². The number of carbonyl (C=O) groups excluding carboxylic acids is 2. The quantitative estimate of drug-likeness (QED) is 0.309. The third-order valence-electron chi connectivity index (χ3n) is 5.89. The number of primary amides is 1. The summed E-state index contributed by atoms with van der Waals surface area (Å²) >= 11 is 0. The van der Waals surface area contributed by atoms with Gasteiger partial charge < -0.3 is 27.0 Å². The lowest BCUT2D eigenvalue weighted by Gasteiger charge is -2.21. The minimum atomic E-state index is -0.670. The highest BCUT2D eigenvalue weighted by Crippen LogP contribution is 2.24. The smallest absolute Gasteiger partial charge is 0.227 e. The summed E-state index contributed by atoms with van der Waals surface area (Å²) in [6.07, 6.45) is 3.13. The fourth-order valence-electron chi connectivity index (χ4n) is 4.07. The van der Waals surface area contributed by atoms with Crippen molar-refractivity contribution in [1.29, 1.82) is 0 Å². The number of anilines is 4. The number of hydrogen-bond acceptors (Lipinski definition) is 6. The molecule has 36 heavy (non-hydrogen) atoms. The number of carbonyl (C=O) groups is 2. The van der Waals surface area contributed by atoms with Gasteiger partial charge in [-0.3, -0.25) is 9.59 Å². The molecule has 2 aromatic carbocycles. The lowest BCUT2D eigenvalue weighted by atomic mass is 9.97. The van der Waals surface area contributed by atoms with E-state index >= 15 is 0 Å². The van der Waals surface area contributed by atoms with E-state index in [1.165, 1.54) is 18.3 Å². The molecule has 3 aromatic rings. The van der Waals surface area contributed by atoms with Gasteiger partial charge in [0.15, 0.2) is 0 Å². The van der Waals surface area contributed by atoms with Crippen molar-refractivity contribution in [2.45, 2.75) is 25.8 Å². The first kappa shape index (κ1) is 25.1. The number of halogens is 2. The van der Waals surface area contributed by atoms with Crippen LogP contribution >= 0.6 is 0 Å². The standard InChI is InChI=1S/C26H28F2N6O2/c27-19-9-16(10-20(28)12-19)14-31-23-13-25(32-15-18(23)11-24(29)35)33-21-1-3-22(4-2-21)34-26(36)17-5-7-30-8-6-17/h1-4,9-10,12-13,15,17,30H,5-8,11,14H2,(H2,29,35)(H,34,36)(H2,31,32,33). The molecule has 0 saturated carbocycles. The van der Waals surface area contributed by atoms with Crippen LogP contribution in [-0.2, 0) is 22.6 Å². The number of hydrogen-bond donors (Lipinski definition) is 5. The fraction of sp³-hybridized carbons (Fsp3) is 0.269. The van der Waals surface area contributed by atoms with E-state index in [2.05, 4.69) is 26.3 Å². The van der Waals surface area contributed by atoms with Gasteiger partial charge in [0.2, 0.25) is 11.8 Å². The second-order valence-corrected chi connectivity index (χ2v) is 8.72. The number of amides is 2. The van der Waals surface area contributed by atoms with Crippen molar-refractivity contribution >= 4 is 34.7 Å². The number of nitrogens with one attached hydrogen (secondary N) is 4. The van der Waals surface area contributed by atoms with Gasteiger partial charge in [0, 0.05) is 53.4 Å². The van der Waals surface area contributed by atoms with Crippen molar-refractivity contribution in [3.8, 4) is 0 Å².